The molecule has 120 valence electrons. The van der Waals surface area contributed by atoms with Crippen molar-refractivity contribution < 1.29 is 34.0 Å². The van der Waals surface area contributed by atoms with Crippen molar-refractivity contribution in [3.8, 4) is 17.2 Å². The van der Waals surface area contributed by atoms with E-state index in [1.165, 1.54) is 32.4 Å². The van der Waals surface area contributed by atoms with E-state index in [4.69, 9.17) is 19.3 Å². The zero-order chi connectivity index (χ0) is 16.7. The maximum atomic E-state index is 11.8. The topological polar surface area (TPSA) is 102 Å². The lowest BCUT2D eigenvalue weighted by Gasteiger charge is -2.10. The van der Waals surface area contributed by atoms with Crippen LogP contribution in [0.2, 0.25) is 0 Å². The van der Waals surface area contributed by atoms with E-state index in [2.05, 4.69) is 0 Å². The number of aromatic hydroxyl groups is 1. The first-order valence-corrected chi connectivity index (χ1v) is 6.47. The Morgan fingerprint density at radius 1 is 1.18 bits per heavy atom. The first-order chi connectivity index (χ1) is 10.4. The van der Waals surface area contributed by atoms with Gasteiger partial charge in [-0.2, -0.15) is 0 Å². The van der Waals surface area contributed by atoms with Crippen LogP contribution in [-0.4, -0.2) is 43.0 Å². The SMILES string of the molecule is CCOC(=O)C(=Cc1cc(OC)c(O)c(OC)c1)CC(=O)O. The van der Waals surface area contributed by atoms with E-state index < -0.39 is 18.4 Å². The fraction of sp³-hybridized carbons (Fsp3) is 0.333. The number of hydrogen-bond donors (Lipinski definition) is 2. The molecule has 2 N–H and O–H groups in total. The number of benzene rings is 1. The predicted molar refractivity (Wildman–Crippen MR) is 78.1 cm³/mol. The summed E-state index contributed by atoms with van der Waals surface area (Å²) < 4.78 is 14.8. The number of carbonyl (C=O) groups is 2. The first kappa shape index (κ1) is 17.4. The fourth-order valence-corrected chi connectivity index (χ4v) is 1.77. The van der Waals surface area contributed by atoms with Crippen LogP contribution in [0.25, 0.3) is 6.08 Å². The number of esters is 1. The third-order valence-corrected chi connectivity index (χ3v) is 2.72. The van der Waals surface area contributed by atoms with Crippen LogP contribution in [-0.2, 0) is 14.3 Å². The largest absolute Gasteiger partial charge is 0.502 e. The predicted octanol–water partition coefficient (Wildman–Crippen LogP) is 1.83. The quantitative estimate of drug-likeness (QED) is 0.585. The number of carboxylic acid groups (broad SMARTS) is 1. The van der Waals surface area contributed by atoms with Crippen LogP contribution in [0.5, 0.6) is 17.2 Å². The Morgan fingerprint density at radius 2 is 1.73 bits per heavy atom. The summed E-state index contributed by atoms with van der Waals surface area (Å²) in [6, 6.07) is 2.91. The fourth-order valence-electron chi connectivity index (χ4n) is 1.77. The summed E-state index contributed by atoms with van der Waals surface area (Å²) in [6.07, 6.45) is 0.876. The van der Waals surface area contributed by atoms with Gasteiger partial charge in [0.25, 0.3) is 0 Å². The summed E-state index contributed by atoms with van der Waals surface area (Å²) in [5.41, 5.74) is 0.417. The molecule has 0 fully saturated rings. The lowest BCUT2D eigenvalue weighted by atomic mass is 10.1. The Kier molecular flexibility index (Phi) is 6.25. The van der Waals surface area contributed by atoms with Crippen LogP contribution < -0.4 is 9.47 Å². The molecule has 0 aliphatic rings. The molecule has 1 aromatic carbocycles. The number of carbonyl (C=O) groups excluding carboxylic acids is 1. The minimum absolute atomic E-state index is 0.0239. The number of rotatable bonds is 7. The van der Waals surface area contributed by atoms with E-state index in [-0.39, 0.29) is 29.4 Å². The molecular formula is C15H18O7. The third-order valence-electron chi connectivity index (χ3n) is 2.72. The summed E-state index contributed by atoms with van der Waals surface area (Å²) >= 11 is 0. The molecule has 22 heavy (non-hydrogen) atoms. The van der Waals surface area contributed by atoms with E-state index in [0.29, 0.717) is 5.56 Å². The molecule has 0 amide bonds. The highest BCUT2D eigenvalue weighted by Crippen LogP contribution is 2.37. The smallest absolute Gasteiger partial charge is 0.334 e. The van der Waals surface area contributed by atoms with Crippen molar-refractivity contribution in [3.63, 3.8) is 0 Å². The van der Waals surface area contributed by atoms with Crippen molar-refractivity contribution in [1.29, 1.82) is 0 Å². The maximum absolute atomic E-state index is 11.8. The van der Waals surface area contributed by atoms with Crippen molar-refractivity contribution in [2.24, 2.45) is 0 Å². The maximum Gasteiger partial charge on any atom is 0.334 e. The van der Waals surface area contributed by atoms with Gasteiger partial charge in [-0.1, -0.05) is 0 Å². The second-order valence-corrected chi connectivity index (χ2v) is 4.23. The van der Waals surface area contributed by atoms with Crippen molar-refractivity contribution in [3.05, 3.63) is 23.3 Å². The van der Waals surface area contributed by atoms with E-state index in [1.54, 1.807) is 6.92 Å². The van der Waals surface area contributed by atoms with E-state index >= 15 is 0 Å². The molecule has 1 rings (SSSR count). The van der Waals surface area contributed by atoms with Gasteiger partial charge in [0.1, 0.15) is 0 Å². The van der Waals surface area contributed by atoms with Gasteiger partial charge in [0.15, 0.2) is 11.5 Å². The monoisotopic (exact) mass is 310 g/mol. The van der Waals surface area contributed by atoms with Gasteiger partial charge in [0.2, 0.25) is 5.75 Å². The standard InChI is InChI=1S/C15H18O7/c1-4-22-15(19)10(8-13(16)17)5-9-6-11(20-2)14(18)12(7-9)21-3/h5-7,18H,4,8H2,1-3H3,(H,16,17). The second kappa shape index (κ2) is 7.92. The molecular weight excluding hydrogens is 292 g/mol. The Morgan fingerprint density at radius 3 is 2.14 bits per heavy atom. The number of phenolic OH excluding ortho intramolecular Hbond substituents is 1. The lowest BCUT2D eigenvalue weighted by molar-refractivity contribution is -0.142. The third kappa shape index (κ3) is 4.41. The summed E-state index contributed by atoms with van der Waals surface area (Å²) in [6.45, 7) is 1.76. The molecule has 0 radical (unpaired) electrons. The van der Waals surface area contributed by atoms with E-state index in [1.807, 2.05) is 0 Å². The summed E-state index contributed by atoms with van der Waals surface area (Å²) in [7, 11) is 2.73. The molecule has 0 saturated heterocycles. The zero-order valence-electron chi connectivity index (χ0n) is 12.6. The molecule has 0 heterocycles. The number of carboxylic acids is 1. The Balaban J connectivity index is 3.29. The van der Waals surface area contributed by atoms with Crippen LogP contribution >= 0.6 is 0 Å². The first-order valence-electron chi connectivity index (χ1n) is 6.47. The van der Waals surface area contributed by atoms with Crippen LogP contribution in [0.3, 0.4) is 0 Å². The number of phenols is 1. The van der Waals surface area contributed by atoms with Crippen molar-refractivity contribution in [1.82, 2.24) is 0 Å². The second-order valence-electron chi connectivity index (χ2n) is 4.23. The van der Waals surface area contributed by atoms with Crippen LogP contribution in [0.4, 0.5) is 0 Å². The molecule has 7 heteroatoms. The van der Waals surface area contributed by atoms with Gasteiger partial charge in [-0.05, 0) is 30.7 Å². The minimum Gasteiger partial charge on any atom is -0.502 e. The Labute approximate surface area is 127 Å². The molecule has 0 spiro atoms. The molecule has 0 saturated carbocycles. The van der Waals surface area contributed by atoms with Crippen molar-refractivity contribution >= 4 is 18.0 Å². The number of methoxy groups -OCH3 is 2. The van der Waals surface area contributed by atoms with Crippen molar-refractivity contribution in [2.75, 3.05) is 20.8 Å². The molecule has 0 aliphatic heterocycles. The number of aliphatic carboxylic acids is 1. The molecule has 0 atom stereocenters. The van der Waals surface area contributed by atoms with Gasteiger partial charge in [0, 0.05) is 5.57 Å². The van der Waals surface area contributed by atoms with Gasteiger partial charge in [-0.25, -0.2) is 4.79 Å². The Bertz CT molecular complexity index is 565. The average Bonchev–Trinajstić information content (AvgIpc) is 2.47. The molecule has 0 bridgehead atoms. The van der Waals surface area contributed by atoms with Crippen LogP contribution in [0, 0.1) is 0 Å². The molecule has 0 unspecified atom stereocenters. The van der Waals surface area contributed by atoms with E-state index in [9.17, 15) is 14.7 Å². The van der Waals surface area contributed by atoms with Crippen LogP contribution in [0.15, 0.2) is 17.7 Å². The van der Waals surface area contributed by atoms with Gasteiger partial charge in [-0.15, -0.1) is 0 Å². The van der Waals surface area contributed by atoms with Crippen molar-refractivity contribution in [2.45, 2.75) is 13.3 Å². The minimum atomic E-state index is -1.16. The summed E-state index contributed by atoms with van der Waals surface area (Å²) in [5, 5.41) is 18.7. The highest BCUT2D eigenvalue weighted by molar-refractivity contribution is 5.98. The average molecular weight is 310 g/mol. The summed E-state index contributed by atoms with van der Waals surface area (Å²) in [5.74, 6) is -1.76. The van der Waals surface area contributed by atoms with E-state index in [0.717, 1.165) is 0 Å². The highest BCUT2D eigenvalue weighted by Gasteiger charge is 2.16. The van der Waals surface area contributed by atoms with Crippen LogP contribution in [0.1, 0.15) is 18.9 Å². The van der Waals surface area contributed by atoms with Gasteiger partial charge in [-0.3, -0.25) is 4.79 Å². The van der Waals surface area contributed by atoms with Gasteiger partial charge in [0.05, 0.1) is 27.2 Å². The molecule has 0 aliphatic carbocycles. The molecule has 7 nitrogen and oxygen atoms in total. The number of hydrogen-bond acceptors (Lipinski definition) is 6. The lowest BCUT2D eigenvalue weighted by Crippen LogP contribution is -2.11. The Hall–Kier alpha value is -2.70. The zero-order valence-corrected chi connectivity index (χ0v) is 12.6. The highest BCUT2D eigenvalue weighted by atomic mass is 16.5. The number of ether oxygens (including phenoxy) is 3. The van der Waals surface area contributed by atoms with Gasteiger partial charge >= 0.3 is 11.9 Å². The molecule has 0 aromatic heterocycles. The molecule has 1 aromatic rings. The normalized spacial score (nSPS) is 11.0. The summed E-state index contributed by atoms with van der Waals surface area (Å²) in [4.78, 5) is 22.7. The van der Waals surface area contributed by atoms with Gasteiger partial charge < -0.3 is 24.4 Å².